The Balaban J connectivity index is 1.56. The molecular formula is C31H30N4O2. The smallest absolute Gasteiger partial charge is 0.250 e. The van der Waals surface area contributed by atoms with E-state index in [9.17, 15) is 4.79 Å². The molecule has 2 heterocycles. The molecular weight excluding hydrogens is 460 g/mol. The Hall–Kier alpha value is -4.32. The van der Waals surface area contributed by atoms with Gasteiger partial charge in [-0.1, -0.05) is 49.6 Å². The number of carbonyl (C=O) groups is 1. The number of hydrogen-bond acceptors (Lipinski definition) is 4. The number of rotatable bonds is 6. The number of aromatic nitrogens is 2. The van der Waals surface area contributed by atoms with E-state index >= 15 is 0 Å². The number of anilines is 1. The minimum Gasteiger partial charge on any atom is -0.495 e. The number of fused-ring (bicyclic) bond motifs is 3. The molecule has 0 unspecified atom stereocenters. The van der Waals surface area contributed by atoms with Crippen molar-refractivity contribution < 1.29 is 9.53 Å². The molecule has 0 saturated heterocycles. The number of primary amides is 1. The zero-order valence-corrected chi connectivity index (χ0v) is 20.9. The molecule has 3 N–H and O–H groups in total. The van der Waals surface area contributed by atoms with Crippen LogP contribution in [-0.2, 0) is 0 Å². The van der Waals surface area contributed by atoms with Crippen LogP contribution in [0.4, 0.5) is 5.69 Å². The maximum absolute atomic E-state index is 12.3. The molecule has 3 aromatic carbocycles. The largest absolute Gasteiger partial charge is 0.495 e. The highest BCUT2D eigenvalue weighted by Crippen LogP contribution is 2.39. The summed E-state index contributed by atoms with van der Waals surface area (Å²) in [5.41, 5.74) is 12.3. The third-order valence-corrected chi connectivity index (χ3v) is 7.45. The summed E-state index contributed by atoms with van der Waals surface area (Å²) in [5.74, 6) is 0.304. The van der Waals surface area contributed by atoms with Crippen LogP contribution >= 0.6 is 0 Å². The Morgan fingerprint density at radius 1 is 0.973 bits per heavy atom. The third-order valence-electron chi connectivity index (χ3n) is 7.45. The van der Waals surface area contributed by atoms with E-state index in [1.807, 2.05) is 24.4 Å². The highest BCUT2D eigenvalue weighted by atomic mass is 16.5. The quantitative estimate of drug-likeness (QED) is 0.278. The predicted octanol–water partition coefficient (Wildman–Crippen LogP) is 6.70. The summed E-state index contributed by atoms with van der Waals surface area (Å²) in [6, 6.07) is 23.0. The molecule has 0 aliphatic heterocycles. The van der Waals surface area contributed by atoms with Gasteiger partial charge in [-0.2, -0.15) is 0 Å². The van der Waals surface area contributed by atoms with Crippen LogP contribution < -0.4 is 15.8 Å². The van der Waals surface area contributed by atoms with E-state index in [1.165, 1.54) is 19.3 Å². The lowest BCUT2D eigenvalue weighted by molar-refractivity contribution is 0.100. The first-order chi connectivity index (χ1) is 18.1. The van der Waals surface area contributed by atoms with Crippen molar-refractivity contribution in [2.45, 2.75) is 38.1 Å². The first-order valence-corrected chi connectivity index (χ1v) is 12.9. The second-order valence-corrected chi connectivity index (χ2v) is 9.74. The van der Waals surface area contributed by atoms with Gasteiger partial charge in [0, 0.05) is 39.9 Å². The molecule has 6 nitrogen and oxygen atoms in total. The van der Waals surface area contributed by atoms with Crippen LogP contribution in [0.5, 0.6) is 5.75 Å². The van der Waals surface area contributed by atoms with Gasteiger partial charge in [-0.05, 0) is 54.8 Å². The lowest BCUT2D eigenvalue weighted by atomic mass is 9.95. The number of ether oxygens (including phenoxy) is 1. The van der Waals surface area contributed by atoms with E-state index in [2.05, 4.69) is 63.4 Å². The van der Waals surface area contributed by atoms with Crippen LogP contribution in [-0.4, -0.2) is 28.6 Å². The van der Waals surface area contributed by atoms with Crippen molar-refractivity contribution in [3.05, 3.63) is 84.7 Å². The molecule has 5 aromatic rings. The molecule has 1 amide bonds. The monoisotopic (exact) mass is 490 g/mol. The molecule has 186 valence electrons. The number of nitrogens with one attached hydrogen (secondary N) is 1. The maximum Gasteiger partial charge on any atom is 0.250 e. The van der Waals surface area contributed by atoms with Crippen LogP contribution in [0.3, 0.4) is 0 Å². The molecule has 0 spiro atoms. The molecule has 1 saturated carbocycles. The average molecular weight is 491 g/mol. The van der Waals surface area contributed by atoms with Gasteiger partial charge in [0.25, 0.3) is 5.91 Å². The average Bonchev–Trinajstić information content (AvgIpc) is 3.28. The Kier molecular flexibility index (Phi) is 6.01. The van der Waals surface area contributed by atoms with E-state index in [4.69, 9.17) is 10.5 Å². The van der Waals surface area contributed by atoms with E-state index in [-0.39, 0.29) is 0 Å². The van der Waals surface area contributed by atoms with Gasteiger partial charge in [-0.3, -0.25) is 9.78 Å². The van der Waals surface area contributed by atoms with Crippen molar-refractivity contribution >= 4 is 33.4 Å². The van der Waals surface area contributed by atoms with Crippen molar-refractivity contribution in [3.63, 3.8) is 0 Å². The Morgan fingerprint density at radius 3 is 2.59 bits per heavy atom. The summed E-state index contributed by atoms with van der Waals surface area (Å²) < 4.78 is 7.71. The number of benzene rings is 3. The van der Waals surface area contributed by atoms with E-state index in [1.54, 1.807) is 13.3 Å². The zero-order valence-electron chi connectivity index (χ0n) is 20.9. The SMILES string of the molecule is COc1cncc(-c2cccc3c2c2ccccc2n3-c2ccc(C(N)=O)c(NC3CCCCC3)c2)c1. The standard InChI is InChI=1S/C31H30N4O2/c1-37-23-16-20(18-33-19-23)24-11-7-13-29-30(24)26-10-5-6-12-28(26)35(29)22-14-15-25(31(32)36)27(17-22)34-21-8-3-2-4-9-21/h5-7,10-19,21,34H,2-4,8-9H2,1H3,(H2,32,36). The predicted molar refractivity (Wildman–Crippen MR) is 150 cm³/mol. The molecule has 6 rings (SSSR count). The van der Waals surface area contributed by atoms with Crippen LogP contribution in [0, 0.1) is 0 Å². The Labute approximate surface area is 216 Å². The van der Waals surface area contributed by atoms with E-state index in [0.717, 1.165) is 62.9 Å². The summed E-state index contributed by atoms with van der Waals surface area (Å²) in [6.45, 7) is 0. The fraction of sp³-hybridized carbons (Fsp3) is 0.226. The number of nitrogens with zero attached hydrogens (tertiary/aromatic N) is 2. The lowest BCUT2D eigenvalue weighted by Crippen LogP contribution is -2.24. The number of amides is 1. The van der Waals surface area contributed by atoms with Gasteiger partial charge in [0.15, 0.2) is 0 Å². The minimum atomic E-state index is -0.417. The Morgan fingerprint density at radius 2 is 1.78 bits per heavy atom. The van der Waals surface area contributed by atoms with Crippen molar-refractivity contribution in [2.75, 3.05) is 12.4 Å². The Bertz CT molecular complexity index is 1610. The van der Waals surface area contributed by atoms with Crippen LogP contribution in [0.15, 0.2) is 79.1 Å². The van der Waals surface area contributed by atoms with Gasteiger partial charge in [-0.25, -0.2) is 0 Å². The van der Waals surface area contributed by atoms with Crippen LogP contribution in [0.1, 0.15) is 42.5 Å². The van der Waals surface area contributed by atoms with Crippen LogP contribution in [0.2, 0.25) is 0 Å². The highest BCUT2D eigenvalue weighted by Gasteiger charge is 2.20. The molecule has 2 aromatic heterocycles. The van der Waals surface area contributed by atoms with Gasteiger partial charge >= 0.3 is 0 Å². The summed E-state index contributed by atoms with van der Waals surface area (Å²) >= 11 is 0. The molecule has 1 aliphatic rings. The summed E-state index contributed by atoms with van der Waals surface area (Å²) in [4.78, 5) is 16.7. The number of pyridine rings is 1. The zero-order chi connectivity index (χ0) is 25.4. The summed E-state index contributed by atoms with van der Waals surface area (Å²) in [6.07, 6.45) is 9.49. The van der Waals surface area contributed by atoms with Gasteiger partial charge < -0.3 is 20.4 Å². The number of carbonyl (C=O) groups excluding carboxylic acids is 1. The van der Waals surface area contributed by atoms with Gasteiger partial charge in [0.2, 0.25) is 0 Å². The number of para-hydroxylation sites is 1. The maximum atomic E-state index is 12.3. The van der Waals surface area contributed by atoms with Crippen molar-refractivity contribution in [2.24, 2.45) is 5.73 Å². The molecule has 1 aliphatic carbocycles. The molecule has 6 heteroatoms. The first kappa shape index (κ1) is 23.1. The normalized spacial score (nSPS) is 14.2. The fourth-order valence-electron chi connectivity index (χ4n) is 5.69. The first-order valence-electron chi connectivity index (χ1n) is 12.9. The molecule has 1 fully saturated rings. The molecule has 0 radical (unpaired) electrons. The molecule has 0 atom stereocenters. The number of nitrogens with two attached hydrogens (primary N) is 1. The highest BCUT2D eigenvalue weighted by molar-refractivity contribution is 6.15. The van der Waals surface area contributed by atoms with Gasteiger partial charge in [0.05, 0.1) is 29.9 Å². The minimum absolute atomic E-state index is 0.354. The van der Waals surface area contributed by atoms with E-state index in [0.29, 0.717) is 11.6 Å². The third kappa shape index (κ3) is 4.18. The van der Waals surface area contributed by atoms with Crippen molar-refractivity contribution in [1.82, 2.24) is 9.55 Å². The van der Waals surface area contributed by atoms with Crippen molar-refractivity contribution in [1.29, 1.82) is 0 Å². The van der Waals surface area contributed by atoms with Crippen molar-refractivity contribution in [3.8, 4) is 22.6 Å². The summed E-state index contributed by atoms with van der Waals surface area (Å²) in [7, 11) is 1.65. The second-order valence-electron chi connectivity index (χ2n) is 9.74. The van der Waals surface area contributed by atoms with Gasteiger partial charge in [-0.15, -0.1) is 0 Å². The molecule has 37 heavy (non-hydrogen) atoms. The second kappa shape index (κ2) is 9.62. The van der Waals surface area contributed by atoms with Gasteiger partial charge in [0.1, 0.15) is 5.75 Å². The van der Waals surface area contributed by atoms with E-state index < -0.39 is 5.91 Å². The fourth-order valence-corrected chi connectivity index (χ4v) is 5.69. The lowest BCUT2D eigenvalue weighted by Gasteiger charge is -2.25. The topological polar surface area (TPSA) is 82.2 Å². The number of methoxy groups -OCH3 is 1. The number of hydrogen-bond donors (Lipinski definition) is 2. The summed E-state index contributed by atoms with van der Waals surface area (Å²) in [5, 5.41) is 5.94. The molecule has 0 bridgehead atoms. The van der Waals surface area contributed by atoms with Crippen LogP contribution in [0.25, 0.3) is 38.6 Å².